The number of aryl methyl sites for hydroxylation is 3. The van der Waals surface area contributed by atoms with Crippen molar-refractivity contribution in [3.05, 3.63) is 39.5 Å². The second kappa shape index (κ2) is 7.79. The van der Waals surface area contributed by atoms with E-state index in [2.05, 4.69) is 63.2 Å². The van der Waals surface area contributed by atoms with Gasteiger partial charge in [0.1, 0.15) is 0 Å². The van der Waals surface area contributed by atoms with Crippen LogP contribution in [0.15, 0.2) is 22.7 Å². The Hall–Kier alpha value is -1.99. The van der Waals surface area contributed by atoms with Crippen LogP contribution in [0, 0.1) is 13.8 Å². The fourth-order valence-corrected chi connectivity index (χ4v) is 4.81. The second-order valence-corrected chi connectivity index (χ2v) is 8.41. The summed E-state index contributed by atoms with van der Waals surface area (Å²) in [6, 6.07) is 6.64. The Kier molecular flexibility index (Phi) is 5.38. The van der Waals surface area contributed by atoms with Crippen LogP contribution in [0.2, 0.25) is 0 Å². The molecule has 3 heterocycles. The molecule has 0 saturated carbocycles. The molecule has 28 heavy (non-hydrogen) atoms. The van der Waals surface area contributed by atoms with Crippen LogP contribution in [0.3, 0.4) is 0 Å². The van der Waals surface area contributed by atoms with Gasteiger partial charge in [-0.2, -0.15) is 0 Å². The van der Waals surface area contributed by atoms with Crippen LogP contribution in [0.25, 0.3) is 11.0 Å². The summed E-state index contributed by atoms with van der Waals surface area (Å²) in [4.78, 5) is 7.22. The third kappa shape index (κ3) is 3.31. The number of pyridine rings is 1. The highest BCUT2D eigenvalue weighted by molar-refractivity contribution is 9.10. The van der Waals surface area contributed by atoms with Gasteiger partial charge in [-0.05, 0) is 62.4 Å². The number of hydrogen-bond acceptors (Lipinski definition) is 5. The minimum atomic E-state index is 0.163. The number of nitrogens with zero attached hydrogens (tertiary/aromatic N) is 5. The molecule has 0 aliphatic carbocycles. The van der Waals surface area contributed by atoms with E-state index < -0.39 is 0 Å². The summed E-state index contributed by atoms with van der Waals surface area (Å²) in [6.07, 6.45) is 3.11. The first-order chi connectivity index (χ1) is 13.5. The summed E-state index contributed by atoms with van der Waals surface area (Å²) >= 11 is 3.64. The molecule has 1 aromatic carbocycles. The Bertz CT molecular complexity index is 1020. The van der Waals surface area contributed by atoms with Gasteiger partial charge < -0.3 is 9.64 Å². The maximum atomic E-state index is 5.40. The van der Waals surface area contributed by atoms with E-state index in [-0.39, 0.29) is 6.04 Å². The standard InChI is InChI=1S/C21H26BrN5O/c1-5-17(12-28-4)27-18-10-14(3)23-21(19(18)24-25-27)26-8-6-7-15-11-16(22)9-13(2)20(15)26/h9-11,17H,5-8,12H2,1-4H3. The molecule has 0 bridgehead atoms. The molecule has 4 rings (SSSR count). The average molecular weight is 444 g/mol. The van der Waals surface area contributed by atoms with Gasteiger partial charge in [0.2, 0.25) is 0 Å². The van der Waals surface area contributed by atoms with E-state index >= 15 is 0 Å². The lowest BCUT2D eigenvalue weighted by atomic mass is 9.98. The van der Waals surface area contributed by atoms with Crippen molar-refractivity contribution in [3.63, 3.8) is 0 Å². The van der Waals surface area contributed by atoms with E-state index in [1.807, 2.05) is 11.6 Å². The van der Waals surface area contributed by atoms with Crippen molar-refractivity contribution < 1.29 is 4.74 Å². The molecule has 0 spiro atoms. The van der Waals surface area contributed by atoms with Gasteiger partial charge in [-0.15, -0.1) is 5.10 Å². The molecule has 0 fully saturated rings. The Morgan fingerprint density at radius 3 is 2.82 bits per heavy atom. The minimum absolute atomic E-state index is 0.163. The van der Waals surface area contributed by atoms with Crippen LogP contribution in [-0.2, 0) is 11.2 Å². The maximum absolute atomic E-state index is 5.40. The number of fused-ring (bicyclic) bond motifs is 2. The summed E-state index contributed by atoms with van der Waals surface area (Å²) in [7, 11) is 1.73. The molecule has 1 aliphatic heterocycles. The fraction of sp³-hybridized carbons (Fsp3) is 0.476. The molecule has 148 valence electrons. The Labute approximate surface area is 174 Å². The summed E-state index contributed by atoms with van der Waals surface area (Å²) < 4.78 is 8.52. The molecule has 0 N–H and O–H groups in total. The number of anilines is 2. The van der Waals surface area contributed by atoms with Gasteiger partial charge in [-0.3, -0.25) is 0 Å². The van der Waals surface area contributed by atoms with Crippen molar-refractivity contribution >= 4 is 38.5 Å². The Morgan fingerprint density at radius 1 is 1.25 bits per heavy atom. The smallest absolute Gasteiger partial charge is 0.163 e. The molecule has 1 unspecified atom stereocenters. The molecule has 7 heteroatoms. The van der Waals surface area contributed by atoms with Crippen molar-refractivity contribution in [1.82, 2.24) is 20.0 Å². The first-order valence-electron chi connectivity index (χ1n) is 9.81. The van der Waals surface area contributed by atoms with E-state index in [0.29, 0.717) is 6.61 Å². The average Bonchev–Trinajstić information content (AvgIpc) is 3.08. The first kappa shape index (κ1) is 19.3. The summed E-state index contributed by atoms with van der Waals surface area (Å²) in [5.74, 6) is 0.903. The van der Waals surface area contributed by atoms with Gasteiger partial charge in [-0.1, -0.05) is 28.1 Å². The highest BCUT2D eigenvalue weighted by atomic mass is 79.9. The van der Waals surface area contributed by atoms with Gasteiger partial charge in [-0.25, -0.2) is 9.67 Å². The topological polar surface area (TPSA) is 56.1 Å². The molecule has 0 radical (unpaired) electrons. The quantitative estimate of drug-likeness (QED) is 0.561. The summed E-state index contributed by atoms with van der Waals surface area (Å²) in [6.45, 7) is 7.90. The third-order valence-electron chi connectivity index (χ3n) is 5.44. The monoisotopic (exact) mass is 443 g/mol. The SMILES string of the molecule is CCC(COC)n1nnc2c(N3CCCc4cc(Br)cc(C)c43)nc(C)cc21. The molecule has 3 aromatic rings. The van der Waals surface area contributed by atoms with Crippen LogP contribution in [0.1, 0.15) is 42.6 Å². The molecule has 1 atom stereocenters. The summed E-state index contributed by atoms with van der Waals surface area (Å²) in [5.41, 5.74) is 6.71. The van der Waals surface area contributed by atoms with Crippen LogP contribution in [-0.4, -0.2) is 40.2 Å². The summed E-state index contributed by atoms with van der Waals surface area (Å²) in [5, 5.41) is 9.04. The second-order valence-electron chi connectivity index (χ2n) is 7.49. The lowest BCUT2D eigenvalue weighted by Gasteiger charge is -2.32. The van der Waals surface area contributed by atoms with Gasteiger partial charge in [0, 0.05) is 29.5 Å². The van der Waals surface area contributed by atoms with E-state index in [1.54, 1.807) is 7.11 Å². The molecule has 0 amide bonds. The lowest BCUT2D eigenvalue weighted by Crippen LogP contribution is -2.27. The number of ether oxygens (including phenoxy) is 1. The molecular weight excluding hydrogens is 418 g/mol. The Morgan fingerprint density at radius 2 is 2.07 bits per heavy atom. The van der Waals surface area contributed by atoms with E-state index in [1.165, 1.54) is 16.8 Å². The lowest BCUT2D eigenvalue weighted by molar-refractivity contribution is 0.148. The van der Waals surface area contributed by atoms with Gasteiger partial charge in [0.05, 0.1) is 18.2 Å². The molecular formula is C21H26BrN5O. The fourth-order valence-electron chi connectivity index (χ4n) is 4.19. The van der Waals surface area contributed by atoms with Crippen molar-refractivity contribution in [2.75, 3.05) is 25.2 Å². The minimum Gasteiger partial charge on any atom is -0.382 e. The highest BCUT2D eigenvalue weighted by Gasteiger charge is 2.26. The zero-order chi connectivity index (χ0) is 19.8. The zero-order valence-corrected chi connectivity index (χ0v) is 18.5. The van der Waals surface area contributed by atoms with Crippen LogP contribution < -0.4 is 4.90 Å². The molecule has 6 nitrogen and oxygen atoms in total. The van der Waals surface area contributed by atoms with Gasteiger partial charge in [0.15, 0.2) is 11.3 Å². The van der Waals surface area contributed by atoms with Gasteiger partial charge >= 0.3 is 0 Å². The van der Waals surface area contributed by atoms with E-state index in [4.69, 9.17) is 9.72 Å². The van der Waals surface area contributed by atoms with Crippen molar-refractivity contribution in [1.29, 1.82) is 0 Å². The van der Waals surface area contributed by atoms with Gasteiger partial charge in [0.25, 0.3) is 0 Å². The largest absolute Gasteiger partial charge is 0.382 e. The van der Waals surface area contributed by atoms with E-state index in [9.17, 15) is 0 Å². The molecule has 0 saturated heterocycles. The Balaban J connectivity index is 1.89. The molecule has 1 aliphatic rings. The van der Waals surface area contributed by atoms with Crippen LogP contribution in [0.4, 0.5) is 11.5 Å². The van der Waals surface area contributed by atoms with Crippen LogP contribution in [0.5, 0.6) is 0 Å². The number of hydrogen-bond donors (Lipinski definition) is 0. The number of benzene rings is 1. The zero-order valence-electron chi connectivity index (χ0n) is 16.9. The van der Waals surface area contributed by atoms with E-state index in [0.717, 1.165) is 52.8 Å². The number of methoxy groups -OCH3 is 1. The number of aromatic nitrogens is 4. The molecule has 2 aromatic heterocycles. The number of rotatable bonds is 5. The first-order valence-corrected chi connectivity index (χ1v) is 10.6. The normalized spacial score (nSPS) is 15.1. The highest BCUT2D eigenvalue weighted by Crippen LogP contribution is 2.39. The van der Waals surface area contributed by atoms with Crippen molar-refractivity contribution in [3.8, 4) is 0 Å². The predicted molar refractivity (Wildman–Crippen MR) is 115 cm³/mol. The van der Waals surface area contributed by atoms with Crippen molar-refractivity contribution in [2.24, 2.45) is 0 Å². The number of halogens is 1. The maximum Gasteiger partial charge on any atom is 0.163 e. The third-order valence-corrected chi connectivity index (χ3v) is 5.90. The van der Waals surface area contributed by atoms with Crippen molar-refractivity contribution in [2.45, 2.75) is 46.1 Å². The van der Waals surface area contributed by atoms with Crippen LogP contribution >= 0.6 is 15.9 Å². The predicted octanol–water partition coefficient (Wildman–Crippen LogP) is 4.89.